The molecule has 0 bridgehead atoms. The molecule has 2 aromatic rings. The summed E-state index contributed by atoms with van der Waals surface area (Å²) in [6.07, 6.45) is 1.97. The van der Waals surface area contributed by atoms with Gasteiger partial charge in [-0.25, -0.2) is 0 Å². The maximum atomic E-state index is 12.9. The van der Waals surface area contributed by atoms with E-state index in [0.717, 1.165) is 50.5 Å². The highest BCUT2D eigenvalue weighted by Gasteiger charge is 2.45. The van der Waals surface area contributed by atoms with Crippen LogP contribution < -0.4 is 4.90 Å². The molecular formula is C20H24N4O. The van der Waals surface area contributed by atoms with E-state index in [9.17, 15) is 4.79 Å². The van der Waals surface area contributed by atoms with Gasteiger partial charge in [-0.1, -0.05) is 30.3 Å². The Bertz CT molecular complexity index is 731. The lowest BCUT2D eigenvalue weighted by Gasteiger charge is -2.22. The van der Waals surface area contributed by atoms with Crippen molar-refractivity contribution in [2.75, 3.05) is 31.1 Å². The zero-order valence-corrected chi connectivity index (χ0v) is 14.6. The van der Waals surface area contributed by atoms with Gasteiger partial charge in [0.05, 0.1) is 5.69 Å². The fourth-order valence-corrected chi connectivity index (χ4v) is 3.70. The van der Waals surface area contributed by atoms with Crippen LogP contribution in [0.15, 0.2) is 42.5 Å². The Morgan fingerprint density at radius 3 is 2.60 bits per heavy atom. The van der Waals surface area contributed by atoms with Crippen LogP contribution in [0.1, 0.15) is 30.0 Å². The molecule has 5 nitrogen and oxygen atoms in total. The van der Waals surface area contributed by atoms with Gasteiger partial charge in [0.25, 0.3) is 0 Å². The first-order valence-electron chi connectivity index (χ1n) is 9.11. The number of aromatic nitrogens is 2. The minimum atomic E-state index is 0.174. The molecular weight excluding hydrogens is 312 g/mol. The Morgan fingerprint density at radius 1 is 1.00 bits per heavy atom. The minimum absolute atomic E-state index is 0.174. The molecule has 4 rings (SSSR count). The van der Waals surface area contributed by atoms with E-state index in [1.165, 1.54) is 5.56 Å². The molecule has 0 spiro atoms. The standard InChI is InChI=1S/C20H24N4O/c1-15-8-9-19(22-21-15)23-10-5-11-24(13-12-23)20(25)18-14-17(18)16-6-3-2-4-7-16/h2-4,6-9,17-18H,5,10-14H2,1H3. The van der Waals surface area contributed by atoms with Gasteiger partial charge in [0.2, 0.25) is 5.91 Å². The van der Waals surface area contributed by atoms with Gasteiger partial charge in [0.1, 0.15) is 0 Å². The lowest BCUT2D eigenvalue weighted by molar-refractivity contribution is -0.132. The number of carbonyl (C=O) groups excluding carboxylic acids is 1. The average Bonchev–Trinajstić information content (AvgIpc) is 3.46. The number of aryl methyl sites for hydroxylation is 1. The zero-order valence-electron chi connectivity index (χ0n) is 14.6. The van der Waals surface area contributed by atoms with Gasteiger partial charge in [-0.3, -0.25) is 4.79 Å². The highest BCUT2D eigenvalue weighted by molar-refractivity contribution is 5.83. The van der Waals surface area contributed by atoms with Crippen molar-refractivity contribution in [3.8, 4) is 0 Å². The Hall–Kier alpha value is -2.43. The predicted molar refractivity (Wildman–Crippen MR) is 97.5 cm³/mol. The third-order valence-corrected chi connectivity index (χ3v) is 5.25. The fraction of sp³-hybridized carbons (Fsp3) is 0.450. The monoisotopic (exact) mass is 336 g/mol. The van der Waals surface area contributed by atoms with Crippen molar-refractivity contribution in [2.24, 2.45) is 5.92 Å². The quantitative estimate of drug-likeness (QED) is 0.864. The predicted octanol–water partition coefficient (Wildman–Crippen LogP) is 2.63. The van der Waals surface area contributed by atoms with Gasteiger partial charge in [0.15, 0.2) is 5.82 Å². The van der Waals surface area contributed by atoms with Crippen LogP contribution >= 0.6 is 0 Å². The summed E-state index contributed by atoms with van der Waals surface area (Å²) >= 11 is 0. The van der Waals surface area contributed by atoms with Crippen LogP contribution in [0.3, 0.4) is 0 Å². The van der Waals surface area contributed by atoms with Crippen molar-refractivity contribution in [3.05, 3.63) is 53.7 Å². The summed E-state index contributed by atoms with van der Waals surface area (Å²) in [4.78, 5) is 17.2. The Labute approximate surface area is 148 Å². The molecule has 5 heteroatoms. The molecule has 1 saturated heterocycles. The van der Waals surface area contributed by atoms with Crippen molar-refractivity contribution in [1.29, 1.82) is 0 Å². The largest absolute Gasteiger partial charge is 0.353 e. The number of hydrogen-bond acceptors (Lipinski definition) is 4. The minimum Gasteiger partial charge on any atom is -0.353 e. The van der Waals surface area contributed by atoms with Gasteiger partial charge >= 0.3 is 0 Å². The zero-order chi connectivity index (χ0) is 17.2. The summed E-state index contributed by atoms with van der Waals surface area (Å²) in [6, 6.07) is 14.4. The number of hydrogen-bond donors (Lipinski definition) is 0. The molecule has 1 aromatic carbocycles. The SMILES string of the molecule is Cc1ccc(N2CCCN(C(=O)C3CC3c3ccccc3)CC2)nn1. The first-order chi connectivity index (χ1) is 12.2. The van der Waals surface area contributed by atoms with Crippen LogP contribution in [0.4, 0.5) is 5.82 Å². The summed E-state index contributed by atoms with van der Waals surface area (Å²) in [7, 11) is 0. The normalized spacial score (nSPS) is 23.2. The van der Waals surface area contributed by atoms with Crippen LogP contribution in [-0.4, -0.2) is 47.2 Å². The van der Waals surface area contributed by atoms with E-state index < -0.39 is 0 Å². The lowest BCUT2D eigenvalue weighted by atomic mass is 10.1. The number of nitrogens with zero attached hydrogens (tertiary/aromatic N) is 4. The Balaban J connectivity index is 1.36. The summed E-state index contributed by atoms with van der Waals surface area (Å²) in [6.45, 7) is 5.30. The molecule has 2 fully saturated rings. The smallest absolute Gasteiger partial charge is 0.226 e. The van der Waals surface area contributed by atoms with Gasteiger partial charge in [0, 0.05) is 32.1 Å². The Morgan fingerprint density at radius 2 is 1.84 bits per heavy atom. The molecule has 1 amide bonds. The second-order valence-corrected chi connectivity index (χ2v) is 7.06. The molecule has 1 aliphatic carbocycles. The summed E-state index contributed by atoms with van der Waals surface area (Å²) in [5.41, 5.74) is 2.23. The molecule has 1 aromatic heterocycles. The van der Waals surface area contributed by atoms with E-state index in [0.29, 0.717) is 11.8 Å². The molecule has 130 valence electrons. The van der Waals surface area contributed by atoms with Crippen LogP contribution in [0.5, 0.6) is 0 Å². The van der Waals surface area contributed by atoms with E-state index in [-0.39, 0.29) is 5.92 Å². The van der Waals surface area contributed by atoms with Gasteiger partial charge in [-0.05, 0) is 43.4 Å². The topological polar surface area (TPSA) is 49.3 Å². The maximum Gasteiger partial charge on any atom is 0.226 e. The number of rotatable bonds is 3. The molecule has 2 unspecified atom stereocenters. The van der Waals surface area contributed by atoms with Crippen molar-refractivity contribution >= 4 is 11.7 Å². The molecule has 1 saturated carbocycles. The third kappa shape index (κ3) is 3.50. The van der Waals surface area contributed by atoms with E-state index in [4.69, 9.17) is 0 Å². The highest BCUT2D eigenvalue weighted by atomic mass is 16.2. The average molecular weight is 336 g/mol. The van der Waals surface area contributed by atoms with Crippen molar-refractivity contribution < 1.29 is 4.79 Å². The molecule has 25 heavy (non-hydrogen) atoms. The first kappa shape index (κ1) is 16.1. The van der Waals surface area contributed by atoms with Crippen molar-refractivity contribution in [3.63, 3.8) is 0 Å². The van der Waals surface area contributed by atoms with Crippen LogP contribution in [-0.2, 0) is 4.79 Å². The molecule has 0 radical (unpaired) electrons. The molecule has 0 N–H and O–H groups in total. The molecule has 2 heterocycles. The summed E-state index contributed by atoms with van der Waals surface area (Å²) in [5, 5.41) is 8.43. The molecule has 2 aliphatic rings. The lowest BCUT2D eigenvalue weighted by Crippen LogP contribution is -2.36. The summed E-state index contributed by atoms with van der Waals surface area (Å²) in [5.74, 6) is 1.82. The number of benzene rings is 1. The third-order valence-electron chi connectivity index (χ3n) is 5.25. The van der Waals surface area contributed by atoms with E-state index in [1.54, 1.807) is 0 Å². The maximum absolute atomic E-state index is 12.9. The Kier molecular flexibility index (Phi) is 4.38. The second-order valence-electron chi connectivity index (χ2n) is 7.06. The van der Waals surface area contributed by atoms with E-state index in [1.807, 2.05) is 25.1 Å². The van der Waals surface area contributed by atoms with Gasteiger partial charge in [-0.15, -0.1) is 5.10 Å². The van der Waals surface area contributed by atoms with Crippen LogP contribution in [0.2, 0.25) is 0 Å². The van der Waals surface area contributed by atoms with Crippen molar-refractivity contribution in [2.45, 2.75) is 25.7 Å². The van der Waals surface area contributed by atoms with Crippen LogP contribution in [0.25, 0.3) is 0 Å². The molecule has 2 atom stereocenters. The number of amides is 1. The molecule has 1 aliphatic heterocycles. The number of carbonyl (C=O) groups is 1. The van der Waals surface area contributed by atoms with E-state index in [2.05, 4.69) is 44.3 Å². The fourth-order valence-electron chi connectivity index (χ4n) is 3.70. The van der Waals surface area contributed by atoms with Gasteiger partial charge < -0.3 is 9.80 Å². The summed E-state index contributed by atoms with van der Waals surface area (Å²) < 4.78 is 0. The number of anilines is 1. The second kappa shape index (κ2) is 6.82. The first-order valence-corrected chi connectivity index (χ1v) is 9.11. The van der Waals surface area contributed by atoms with E-state index >= 15 is 0 Å². The van der Waals surface area contributed by atoms with Crippen LogP contribution in [0, 0.1) is 12.8 Å². The van der Waals surface area contributed by atoms with Crippen molar-refractivity contribution in [1.82, 2.24) is 15.1 Å². The van der Waals surface area contributed by atoms with Gasteiger partial charge in [-0.2, -0.15) is 5.10 Å². The highest BCUT2D eigenvalue weighted by Crippen LogP contribution is 2.48.